The molecule has 4 rings (SSSR count). The van der Waals surface area contributed by atoms with Crippen LogP contribution in [-0.2, 0) is 10.0 Å². The van der Waals surface area contributed by atoms with E-state index in [0.717, 1.165) is 0 Å². The van der Waals surface area contributed by atoms with Crippen LogP contribution in [0.1, 0.15) is 15.9 Å². The van der Waals surface area contributed by atoms with E-state index in [9.17, 15) is 13.2 Å². The van der Waals surface area contributed by atoms with Crippen molar-refractivity contribution >= 4 is 21.8 Å². The number of hydrogen-bond acceptors (Lipinski definition) is 5. The Hall–Kier alpha value is -2.61. The van der Waals surface area contributed by atoms with Crippen LogP contribution < -0.4 is 0 Å². The van der Waals surface area contributed by atoms with Gasteiger partial charge in [-0.2, -0.15) is 8.42 Å². The van der Waals surface area contributed by atoms with Crippen molar-refractivity contribution < 1.29 is 17.6 Å². The number of piperazine rings is 1. The summed E-state index contributed by atoms with van der Waals surface area (Å²) in [5.74, 6) is 0.394. The van der Waals surface area contributed by atoms with Gasteiger partial charge in [-0.3, -0.25) is 4.79 Å². The molecule has 0 radical (unpaired) electrons. The van der Waals surface area contributed by atoms with Crippen LogP contribution in [0.5, 0.6) is 0 Å². The lowest BCUT2D eigenvalue weighted by Gasteiger charge is -2.35. The molecule has 1 aromatic carbocycles. The van der Waals surface area contributed by atoms with Gasteiger partial charge < -0.3 is 14.2 Å². The number of sulfonamides is 1. The van der Waals surface area contributed by atoms with Crippen LogP contribution in [-0.4, -0.2) is 56.1 Å². The van der Waals surface area contributed by atoms with Gasteiger partial charge in [0.25, 0.3) is 15.9 Å². The fraction of sp³-hybridized carbons (Fsp3) is 0.250. The molecule has 1 amide bonds. The molecule has 3 heterocycles. The van der Waals surface area contributed by atoms with Gasteiger partial charge in [-0.25, -0.2) is 0 Å². The van der Waals surface area contributed by atoms with Gasteiger partial charge in [0, 0.05) is 31.7 Å². The lowest BCUT2D eigenvalue weighted by molar-refractivity contribution is 0.0691. The molecule has 1 saturated heterocycles. The number of carbonyl (C=O) groups excluding carboxylic acids is 1. The average molecular weight is 345 g/mol. The van der Waals surface area contributed by atoms with Crippen molar-refractivity contribution in [3.8, 4) is 0 Å². The zero-order valence-electron chi connectivity index (χ0n) is 12.8. The van der Waals surface area contributed by atoms with Gasteiger partial charge in [0.15, 0.2) is 5.84 Å². The zero-order valence-corrected chi connectivity index (χ0v) is 13.6. The number of hydrogen-bond donors (Lipinski definition) is 0. The largest absolute Gasteiger partial charge is 0.472 e. The Labute approximate surface area is 139 Å². The van der Waals surface area contributed by atoms with Crippen LogP contribution in [0, 0.1) is 0 Å². The van der Waals surface area contributed by atoms with Gasteiger partial charge in [-0.15, -0.1) is 4.40 Å². The molecule has 1 fully saturated rings. The minimum Gasteiger partial charge on any atom is -0.472 e. The van der Waals surface area contributed by atoms with E-state index >= 15 is 0 Å². The molecule has 2 aliphatic rings. The highest BCUT2D eigenvalue weighted by Gasteiger charge is 2.33. The van der Waals surface area contributed by atoms with Crippen LogP contribution in [0.3, 0.4) is 0 Å². The molecule has 0 spiro atoms. The highest BCUT2D eigenvalue weighted by atomic mass is 32.2. The van der Waals surface area contributed by atoms with Crippen LogP contribution in [0.4, 0.5) is 0 Å². The fourth-order valence-electron chi connectivity index (χ4n) is 3.01. The predicted octanol–water partition coefficient (Wildman–Crippen LogP) is 1.19. The lowest BCUT2D eigenvalue weighted by atomic mass is 10.1. The van der Waals surface area contributed by atoms with E-state index in [1.807, 2.05) is 4.90 Å². The zero-order chi connectivity index (χ0) is 16.7. The minimum atomic E-state index is -3.62. The first-order chi connectivity index (χ1) is 11.6. The molecule has 2 aromatic rings. The molecule has 0 N–H and O–H groups in total. The summed E-state index contributed by atoms with van der Waals surface area (Å²) in [6.45, 7) is 2.08. The maximum Gasteiger partial charge on any atom is 0.285 e. The van der Waals surface area contributed by atoms with E-state index in [1.165, 1.54) is 12.5 Å². The molecule has 24 heavy (non-hydrogen) atoms. The van der Waals surface area contributed by atoms with Crippen LogP contribution in [0.15, 0.2) is 56.6 Å². The van der Waals surface area contributed by atoms with E-state index in [-0.39, 0.29) is 10.8 Å². The summed E-state index contributed by atoms with van der Waals surface area (Å²) in [6, 6.07) is 8.46. The summed E-state index contributed by atoms with van der Waals surface area (Å²) in [4.78, 5) is 16.2. The number of carbonyl (C=O) groups is 1. The SMILES string of the molecule is O=C(c1ccoc1)N1CCN(C2=NS(=O)(=O)c3ccccc32)CC1. The predicted molar refractivity (Wildman–Crippen MR) is 86.3 cm³/mol. The molecular formula is C16H15N3O4S. The number of rotatable bonds is 1. The third-order valence-electron chi connectivity index (χ3n) is 4.25. The first kappa shape index (κ1) is 14.9. The second kappa shape index (κ2) is 5.48. The highest BCUT2D eigenvalue weighted by molar-refractivity contribution is 7.90. The summed E-state index contributed by atoms with van der Waals surface area (Å²) in [6.07, 6.45) is 2.90. The molecule has 0 unspecified atom stereocenters. The van der Waals surface area contributed by atoms with Crippen LogP contribution in [0.2, 0.25) is 0 Å². The Balaban J connectivity index is 1.52. The van der Waals surface area contributed by atoms with E-state index in [1.54, 1.807) is 35.2 Å². The summed E-state index contributed by atoms with van der Waals surface area (Å²) < 4.78 is 33.2. The normalized spacial score (nSPS) is 19.1. The number of nitrogens with zero attached hydrogens (tertiary/aromatic N) is 3. The smallest absolute Gasteiger partial charge is 0.285 e. The molecule has 124 valence electrons. The summed E-state index contributed by atoms with van der Waals surface area (Å²) >= 11 is 0. The van der Waals surface area contributed by atoms with Crippen molar-refractivity contribution in [3.05, 3.63) is 54.0 Å². The number of furan rings is 1. The lowest BCUT2D eigenvalue weighted by Crippen LogP contribution is -2.50. The molecular weight excluding hydrogens is 330 g/mol. The first-order valence-electron chi connectivity index (χ1n) is 7.57. The summed E-state index contributed by atoms with van der Waals surface area (Å²) in [7, 11) is -3.62. The molecule has 0 saturated carbocycles. The third-order valence-corrected chi connectivity index (χ3v) is 5.57. The molecule has 0 bridgehead atoms. The van der Waals surface area contributed by atoms with E-state index < -0.39 is 10.0 Å². The monoisotopic (exact) mass is 345 g/mol. The second-order valence-corrected chi connectivity index (χ2v) is 7.25. The van der Waals surface area contributed by atoms with E-state index in [0.29, 0.717) is 43.1 Å². The van der Waals surface area contributed by atoms with Gasteiger partial charge in [0.1, 0.15) is 11.2 Å². The molecule has 7 nitrogen and oxygen atoms in total. The summed E-state index contributed by atoms with van der Waals surface area (Å²) in [5, 5.41) is 0. The molecule has 8 heteroatoms. The van der Waals surface area contributed by atoms with Crippen LogP contribution >= 0.6 is 0 Å². The van der Waals surface area contributed by atoms with Gasteiger partial charge in [-0.05, 0) is 18.2 Å². The maximum atomic E-state index is 12.3. The van der Waals surface area contributed by atoms with Gasteiger partial charge in [0.05, 0.1) is 11.8 Å². The number of benzene rings is 1. The van der Waals surface area contributed by atoms with Crippen LogP contribution in [0.25, 0.3) is 0 Å². The van der Waals surface area contributed by atoms with Gasteiger partial charge in [-0.1, -0.05) is 12.1 Å². The number of fused-ring (bicyclic) bond motifs is 1. The van der Waals surface area contributed by atoms with Gasteiger partial charge in [0.2, 0.25) is 0 Å². The van der Waals surface area contributed by atoms with E-state index in [2.05, 4.69) is 4.40 Å². The van der Waals surface area contributed by atoms with Gasteiger partial charge >= 0.3 is 0 Å². The Bertz CT molecular complexity index is 911. The van der Waals surface area contributed by atoms with Crippen molar-refractivity contribution in [2.75, 3.05) is 26.2 Å². The first-order valence-corrected chi connectivity index (χ1v) is 9.01. The van der Waals surface area contributed by atoms with Crippen molar-refractivity contribution in [1.29, 1.82) is 0 Å². The number of amidine groups is 1. The number of amides is 1. The molecule has 0 atom stereocenters. The third kappa shape index (κ3) is 2.39. The van der Waals surface area contributed by atoms with Crippen molar-refractivity contribution in [3.63, 3.8) is 0 Å². The highest BCUT2D eigenvalue weighted by Crippen LogP contribution is 2.27. The van der Waals surface area contributed by atoms with E-state index in [4.69, 9.17) is 4.42 Å². The quantitative estimate of drug-likeness (QED) is 0.775. The molecule has 1 aromatic heterocycles. The average Bonchev–Trinajstić information content (AvgIpc) is 3.22. The summed E-state index contributed by atoms with van der Waals surface area (Å²) in [5.41, 5.74) is 1.15. The topological polar surface area (TPSA) is 83.2 Å². The Kier molecular flexibility index (Phi) is 3.42. The Morgan fingerprint density at radius 1 is 1.08 bits per heavy atom. The van der Waals surface area contributed by atoms with Crippen molar-refractivity contribution in [1.82, 2.24) is 9.80 Å². The fourth-order valence-corrected chi connectivity index (χ4v) is 4.23. The maximum absolute atomic E-state index is 12.3. The Morgan fingerprint density at radius 3 is 2.54 bits per heavy atom. The molecule has 0 aliphatic carbocycles. The standard InChI is InChI=1S/C16H15N3O4S/c20-16(12-5-10-23-11-12)19-8-6-18(7-9-19)15-13-3-1-2-4-14(13)24(21,22)17-15/h1-5,10-11H,6-9H2. The second-order valence-electron chi connectivity index (χ2n) is 5.68. The Morgan fingerprint density at radius 2 is 1.83 bits per heavy atom. The molecule has 2 aliphatic heterocycles. The van der Waals surface area contributed by atoms with Crippen molar-refractivity contribution in [2.24, 2.45) is 4.40 Å². The van der Waals surface area contributed by atoms with Crippen molar-refractivity contribution in [2.45, 2.75) is 4.90 Å². The minimum absolute atomic E-state index is 0.0789.